The standard InChI is InChI=1S/C21H22FN3OS/c22-17-7-5-15(6-8-17)13-23-20(26)14-25-11-9-16(10-12-25)21-24-18-3-1-2-4-19(18)27-21/h1-8,16H,9-14H2,(H,23,26)/p+1. The van der Waals surface area contributed by atoms with Gasteiger partial charge in [0, 0.05) is 25.3 Å². The Hall–Kier alpha value is -2.31. The molecular formula is C21H23FN3OS+. The number of carbonyl (C=O) groups excluding carboxylic acids is 1. The number of rotatable bonds is 5. The van der Waals surface area contributed by atoms with Gasteiger partial charge >= 0.3 is 0 Å². The van der Waals surface area contributed by atoms with Crippen molar-refractivity contribution in [2.24, 2.45) is 0 Å². The highest BCUT2D eigenvalue weighted by Crippen LogP contribution is 2.31. The van der Waals surface area contributed by atoms with Gasteiger partial charge in [0.05, 0.1) is 28.3 Å². The topological polar surface area (TPSA) is 46.4 Å². The number of likely N-dealkylation sites (tertiary alicyclic amines) is 1. The van der Waals surface area contributed by atoms with Crippen molar-refractivity contribution in [3.63, 3.8) is 0 Å². The van der Waals surface area contributed by atoms with Gasteiger partial charge in [0.15, 0.2) is 6.54 Å². The molecule has 1 aromatic heterocycles. The molecule has 0 bridgehead atoms. The van der Waals surface area contributed by atoms with E-state index in [1.165, 1.54) is 26.7 Å². The molecule has 2 heterocycles. The average Bonchev–Trinajstić information content (AvgIpc) is 3.12. The third kappa shape index (κ3) is 4.51. The molecular weight excluding hydrogens is 361 g/mol. The zero-order valence-electron chi connectivity index (χ0n) is 15.1. The maximum absolute atomic E-state index is 12.9. The lowest BCUT2D eigenvalue weighted by molar-refractivity contribution is -0.897. The maximum Gasteiger partial charge on any atom is 0.275 e. The van der Waals surface area contributed by atoms with E-state index in [0.717, 1.165) is 37.0 Å². The number of aromatic nitrogens is 1. The molecule has 0 aliphatic carbocycles. The molecule has 0 radical (unpaired) electrons. The van der Waals surface area contributed by atoms with E-state index in [-0.39, 0.29) is 11.7 Å². The van der Waals surface area contributed by atoms with Crippen molar-refractivity contribution < 1.29 is 14.1 Å². The summed E-state index contributed by atoms with van der Waals surface area (Å²) in [4.78, 5) is 18.3. The summed E-state index contributed by atoms with van der Waals surface area (Å²) in [5, 5.41) is 4.17. The van der Waals surface area contributed by atoms with Crippen LogP contribution < -0.4 is 10.2 Å². The SMILES string of the molecule is O=C(C[NH+]1CCC(c2nc3ccccc3s2)CC1)NCc1ccc(F)cc1. The van der Waals surface area contributed by atoms with Gasteiger partial charge < -0.3 is 10.2 Å². The average molecular weight is 385 g/mol. The summed E-state index contributed by atoms with van der Waals surface area (Å²) in [6, 6.07) is 14.5. The summed E-state index contributed by atoms with van der Waals surface area (Å²) in [5.74, 6) is 0.298. The van der Waals surface area contributed by atoms with Gasteiger partial charge in [-0.1, -0.05) is 24.3 Å². The first-order valence-electron chi connectivity index (χ1n) is 9.37. The zero-order chi connectivity index (χ0) is 18.6. The minimum atomic E-state index is -0.259. The molecule has 1 aliphatic heterocycles. The van der Waals surface area contributed by atoms with Crippen molar-refractivity contribution in [2.75, 3.05) is 19.6 Å². The molecule has 1 fully saturated rings. The second-order valence-corrected chi connectivity index (χ2v) is 8.19. The van der Waals surface area contributed by atoms with Crippen molar-refractivity contribution in [3.05, 3.63) is 64.9 Å². The van der Waals surface area contributed by atoms with Crippen LogP contribution in [-0.4, -0.2) is 30.5 Å². The Balaban J connectivity index is 1.25. The van der Waals surface area contributed by atoms with E-state index in [4.69, 9.17) is 4.98 Å². The lowest BCUT2D eigenvalue weighted by Crippen LogP contribution is -3.14. The number of nitrogens with zero attached hydrogens (tertiary/aromatic N) is 1. The number of halogens is 1. The van der Waals surface area contributed by atoms with Gasteiger partial charge in [-0.15, -0.1) is 11.3 Å². The van der Waals surface area contributed by atoms with Crippen LogP contribution in [0.2, 0.25) is 0 Å². The molecule has 1 aliphatic rings. The number of benzene rings is 2. The molecule has 0 spiro atoms. The van der Waals surface area contributed by atoms with E-state index in [0.29, 0.717) is 19.0 Å². The summed E-state index contributed by atoms with van der Waals surface area (Å²) in [6.45, 7) is 2.92. The number of quaternary nitrogens is 1. The Morgan fingerprint density at radius 1 is 1.15 bits per heavy atom. The van der Waals surface area contributed by atoms with Gasteiger partial charge in [-0.25, -0.2) is 9.37 Å². The van der Waals surface area contributed by atoms with E-state index in [1.807, 2.05) is 6.07 Å². The van der Waals surface area contributed by atoms with Gasteiger partial charge in [0.25, 0.3) is 5.91 Å². The van der Waals surface area contributed by atoms with Crippen molar-refractivity contribution in [1.29, 1.82) is 0 Å². The molecule has 27 heavy (non-hydrogen) atoms. The molecule has 0 unspecified atom stereocenters. The molecule has 2 aromatic carbocycles. The minimum Gasteiger partial charge on any atom is -0.347 e. The summed E-state index contributed by atoms with van der Waals surface area (Å²) in [5.41, 5.74) is 2.00. The van der Waals surface area contributed by atoms with Crippen LogP contribution in [0.1, 0.15) is 29.3 Å². The highest BCUT2D eigenvalue weighted by molar-refractivity contribution is 7.18. The monoisotopic (exact) mass is 384 g/mol. The number of hydrogen-bond donors (Lipinski definition) is 2. The lowest BCUT2D eigenvalue weighted by atomic mass is 9.97. The van der Waals surface area contributed by atoms with Crippen molar-refractivity contribution in [1.82, 2.24) is 10.3 Å². The highest BCUT2D eigenvalue weighted by atomic mass is 32.1. The van der Waals surface area contributed by atoms with Gasteiger partial charge in [0.1, 0.15) is 5.82 Å². The quantitative estimate of drug-likeness (QED) is 0.710. The van der Waals surface area contributed by atoms with Crippen LogP contribution in [0.25, 0.3) is 10.2 Å². The predicted octanol–water partition coefficient (Wildman–Crippen LogP) is 2.51. The van der Waals surface area contributed by atoms with E-state index in [1.54, 1.807) is 23.5 Å². The number of hydrogen-bond acceptors (Lipinski definition) is 3. The fraction of sp³-hybridized carbons (Fsp3) is 0.333. The normalized spacial score (nSPS) is 19.9. The lowest BCUT2D eigenvalue weighted by Gasteiger charge is -2.27. The van der Waals surface area contributed by atoms with Gasteiger partial charge in [0.2, 0.25) is 0 Å². The predicted molar refractivity (Wildman–Crippen MR) is 105 cm³/mol. The molecule has 2 N–H and O–H groups in total. The first kappa shape index (κ1) is 18.1. The minimum absolute atomic E-state index is 0.0489. The second-order valence-electron chi connectivity index (χ2n) is 7.12. The number of para-hydroxylation sites is 1. The third-order valence-corrected chi connectivity index (χ3v) is 6.36. The van der Waals surface area contributed by atoms with Crippen LogP contribution >= 0.6 is 11.3 Å². The number of piperidine rings is 1. The molecule has 4 nitrogen and oxygen atoms in total. The van der Waals surface area contributed by atoms with Crippen LogP contribution in [-0.2, 0) is 11.3 Å². The fourth-order valence-corrected chi connectivity index (χ4v) is 4.74. The van der Waals surface area contributed by atoms with Crippen LogP contribution in [0.4, 0.5) is 4.39 Å². The van der Waals surface area contributed by atoms with Crippen LogP contribution in [0.3, 0.4) is 0 Å². The first-order valence-corrected chi connectivity index (χ1v) is 10.2. The van der Waals surface area contributed by atoms with E-state index >= 15 is 0 Å². The van der Waals surface area contributed by atoms with E-state index in [2.05, 4.69) is 23.5 Å². The van der Waals surface area contributed by atoms with Crippen LogP contribution in [0.5, 0.6) is 0 Å². The number of fused-ring (bicyclic) bond motifs is 1. The molecule has 4 rings (SSSR count). The molecule has 6 heteroatoms. The maximum atomic E-state index is 12.9. The summed E-state index contributed by atoms with van der Waals surface area (Å²) in [6.07, 6.45) is 2.14. The Kier molecular flexibility index (Phi) is 5.45. The van der Waals surface area contributed by atoms with E-state index < -0.39 is 0 Å². The summed E-state index contributed by atoms with van der Waals surface area (Å²) in [7, 11) is 0. The molecule has 140 valence electrons. The van der Waals surface area contributed by atoms with Crippen molar-refractivity contribution in [3.8, 4) is 0 Å². The Labute approximate surface area is 162 Å². The number of carbonyl (C=O) groups is 1. The molecule has 0 atom stereocenters. The number of nitrogens with one attached hydrogen (secondary N) is 2. The van der Waals surface area contributed by atoms with Crippen LogP contribution in [0.15, 0.2) is 48.5 Å². The van der Waals surface area contributed by atoms with Crippen LogP contribution in [0, 0.1) is 5.82 Å². The molecule has 0 saturated carbocycles. The Bertz CT molecular complexity index is 884. The van der Waals surface area contributed by atoms with Crippen molar-refractivity contribution >= 4 is 27.5 Å². The summed E-state index contributed by atoms with van der Waals surface area (Å²) >= 11 is 1.80. The number of thiazole rings is 1. The summed E-state index contributed by atoms with van der Waals surface area (Å²) < 4.78 is 14.2. The Morgan fingerprint density at radius 2 is 1.89 bits per heavy atom. The van der Waals surface area contributed by atoms with Gasteiger partial charge in [-0.2, -0.15) is 0 Å². The second kappa shape index (κ2) is 8.15. The zero-order valence-corrected chi connectivity index (χ0v) is 15.9. The van der Waals surface area contributed by atoms with Gasteiger partial charge in [-0.3, -0.25) is 4.79 Å². The first-order chi connectivity index (χ1) is 13.2. The third-order valence-electron chi connectivity index (χ3n) is 5.17. The molecule has 3 aromatic rings. The van der Waals surface area contributed by atoms with E-state index in [9.17, 15) is 9.18 Å². The molecule has 1 saturated heterocycles. The fourth-order valence-electron chi connectivity index (χ4n) is 3.61. The Morgan fingerprint density at radius 3 is 2.63 bits per heavy atom. The molecule has 1 amide bonds. The van der Waals surface area contributed by atoms with Crippen molar-refractivity contribution in [2.45, 2.75) is 25.3 Å². The van der Waals surface area contributed by atoms with Gasteiger partial charge in [-0.05, 0) is 29.8 Å². The highest BCUT2D eigenvalue weighted by Gasteiger charge is 2.27. The number of amides is 1. The smallest absolute Gasteiger partial charge is 0.275 e. The largest absolute Gasteiger partial charge is 0.347 e.